The van der Waals surface area contributed by atoms with E-state index >= 15 is 0 Å². The largest absolute Gasteiger partial charge is 0.508 e. The number of aliphatic hydroxyl groups excluding tert-OH is 2. The lowest BCUT2D eigenvalue weighted by atomic mass is 9.82. The van der Waals surface area contributed by atoms with Crippen molar-refractivity contribution in [3.8, 4) is 11.5 Å². The minimum absolute atomic E-state index is 0.174. The highest BCUT2D eigenvalue weighted by molar-refractivity contribution is 5.37. The molecule has 0 bridgehead atoms. The van der Waals surface area contributed by atoms with Gasteiger partial charge >= 0.3 is 0 Å². The van der Waals surface area contributed by atoms with Gasteiger partial charge in [0, 0.05) is 18.3 Å². The summed E-state index contributed by atoms with van der Waals surface area (Å²) >= 11 is 0. The second kappa shape index (κ2) is 5.39. The fraction of sp³-hybridized carbons (Fsp3) is 0.294. The third-order valence-electron chi connectivity index (χ3n) is 4.25. The molecule has 0 spiro atoms. The Kier molecular flexibility index (Phi) is 3.57. The first-order valence-electron chi connectivity index (χ1n) is 7.00. The molecule has 4 atom stereocenters. The van der Waals surface area contributed by atoms with Crippen molar-refractivity contribution in [2.24, 2.45) is 0 Å². The average Bonchev–Trinajstić information content (AvgIpc) is 2.75. The Hall–Kier alpha value is -2.04. The van der Waals surface area contributed by atoms with Crippen LogP contribution in [0.2, 0.25) is 0 Å². The molecule has 1 aliphatic rings. The van der Waals surface area contributed by atoms with Gasteiger partial charge in [0.2, 0.25) is 0 Å². The van der Waals surface area contributed by atoms with Crippen molar-refractivity contribution in [3.63, 3.8) is 0 Å². The molecule has 1 fully saturated rings. The summed E-state index contributed by atoms with van der Waals surface area (Å²) in [6, 6.07) is 13.4. The normalized spacial score (nSPS) is 28.7. The van der Waals surface area contributed by atoms with E-state index in [1.165, 1.54) is 0 Å². The minimum atomic E-state index is -0.636. The SMILES string of the molecule is Oc1ccc(C2C(O)CC(O)C2c2ccc(O)cc2)cc1. The van der Waals surface area contributed by atoms with Gasteiger partial charge in [0.25, 0.3) is 0 Å². The molecule has 4 unspecified atom stereocenters. The molecule has 0 amide bonds. The predicted molar refractivity (Wildman–Crippen MR) is 78.3 cm³/mol. The van der Waals surface area contributed by atoms with Crippen LogP contribution >= 0.6 is 0 Å². The molecule has 21 heavy (non-hydrogen) atoms. The molecule has 4 nitrogen and oxygen atoms in total. The Morgan fingerprint density at radius 3 is 1.29 bits per heavy atom. The summed E-state index contributed by atoms with van der Waals surface area (Å²) < 4.78 is 0. The highest BCUT2D eigenvalue weighted by Gasteiger charge is 2.43. The van der Waals surface area contributed by atoms with Crippen molar-refractivity contribution in [2.45, 2.75) is 30.5 Å². The zero-order valence-corrected chi connectivity index (χ0v) is 11.4. The molecule has 0 radical (unpaired) electrons. The minimum Gasteiger partial charge on any atom is -0.508 e. The van der Waals surface area contributed by atoms with E-state index in [0.29, 0.717) is 6.42 Å². The van der Waals surface area contributed by atoms with Gasteiger partial charge < -0.3 is 20.4 Å². The Morgan fingerprint density at radius 1 is 0.619 bits per heavy atom. The molecule has 0 heterocycles. The molecular weight excluding hydrogens is 268 g/mol. The lowest BCUT2D eigenvalue weighted by Gasteiger charge is -2.24. The number of phenolic OH excluding ortho intramolecular Hbond substituents is 2. The van der Waals surface area contributed by atoms with Gasteiger partial charge in [-0.1, -0.05) is 24.3 Å². The molecule has 2 aromatic rings. The second-order valence-corrected chi connectivity index (χ2v) is 5.61. The maximum atomic E-state index is 10.3. The van der Waals surface area contributed by atoms with E-state index in [-0.39, 0.29) is 23.3 Å². The summed E-state index contributed by atoms with van der Waals surface area (Å²) in [7, 11) is 0. The molecule has 0 aromatic heterocycles. The third kappa shape index (κ3) is 2.60. The monoisotopic (exact) mass is 286 g/mol. The van der Waals surface area contributed by atoms with E-state index in [4.69, 9.17) is 0 Å². The van der Waals surface area contributed by atoms with Crippen molar-refractivity contribution >= 4 is 0 Å². The number of benzene rings is 2. The number of hydrogen-bond acceptors (Lipinski definition) is 4. The van der Waals surface area contributed by atoms with Crippen LogP contribution in [-0.4, -0.2) is 32.6 Å². The number of phenols is 2. The van der Waals surface area contributed by atoms with Crippen molar-refractivity contribution in [1.82, 2.24) is 0 Å². The molecule has 1 saturated carbocycles. The molecule has 110 valence electrons. The highest BCUT2D eigenvalue weighted by atomic mass is 16.3. The quantitative estimate of drug-likeness (QED) is 0.681. The van der Waals surface area contributed by atoms with E-state index in [2.05, 4.69) is 0 Å². The zero-order chi connectivity index (χ0) is 15.0. The van der Waals surface area contributed by atoms with Crippen LogP contribution in [0, 0.1) is 0 Å². The van der Waals surface area contributed by atoms with Gasteiger partial charge in [-0.3, -0.25) is 0 Å². The van der Waals surface area contributed by atoms with Gasteiger partial charge in [-0.25, -0.2) is 0 Å². The van der Waals surface area contributed by atoms with Crippen molar-refractivity contribution in [2.75, 3.05) is 0 Å². The summed E-state index contributed by atoms with van der Waals surface area (Å²) in [6.45, 7) is 0. The van der Waals surface area contributed by atoms with E-state index in [1.807, 2.05) is 0 Å². The van der Waals surface area contributed by atoms with Crippen LogP contribution in [-0.2, 0) is 0 Å². The van der Waals surface area contributed by atoms with Crippen LogP contribution < -0.4 is 0 Å². The fourth-order valence-corrected chi connectivity index (χ4v) is 3.27. The number of aromatic hydroxyl groups is 2. The predicted octanol–water partition coefficient (Wildman–Crippen LogP) is 2.09. The number of rotatable bonds is 2. The Morgan fingerprint density at radius 2 is 0.952 bits per heavy atom. The van der Waals surface area contributed by atoms with E-state index in [0.717, 1.165) is 11.1 Å². The Balaban J connectivity index is 1.99. The van der Waals surface area contributed by atoms with Crippen LogP contribution in [0.15, 0.2) is 48.5 Å². The first-order valence-corrected chi connectivity index (χ1v) is 7.00. The van der Waals surface area contributed by atoms with E-state index in [1.54, 1.807) is 48.5 Å². The van der Waals surface area contributed by atoms with Crippen molar-refractivity contribution < 1.29 is 20.4 Å². The van der Waals surface area contributed by atoms with Gasteiger partial charge in [-0.2, -0.15) is 0 Å². The molecule has 4 N–H and O–H groups in total. The maximum Gasteiger partial charge on any atom is 0.115 e. The highest BCUT2D eigenvalue weighted by Crippen LogP contribution is 2.46. The zero-order valence-electron chi connectivity index (χ0n) is 11.4. The Labute approximate surface area is 122 Å². The smallest absolute Gasteiger partial charge is 0.115 e. The topological polar surface area (TPSA) is 80.9 Å². The standard InChI is InChI=1S/C17H18O4/c18-12-5-1-10(2-6-12)16-14(20)9-15(21)17(16)11-3-7-13(19)8-4-11/h1-8,14-21H,9H2. The summed E-state index contributed by atoms with van der Waals surface area (Å²) in [6.07, 6.45) is -0.955. The van der Waals surface area contributed by atoms with Gasteiger partial charge in [-0.05, 0) is 35.4 Å². The molecule has 4 heteroatoms. The number of aliphatic hydroxyl groups is 2. The van der Waals surface area contributed by atoms with Crippen LogP contribution in [0.3, 0.4) is 0 Å². The molecule has 1 aliphatic carbocycles. The average molecular weight is 286 g/mol. The van der Waals surface area contributed by atoms with Gasteiger partial charge in [0.15, 0.2) is 0 Å². The van der Waals surface area contributed by atoms with Crippen LogP contribution in [0.1, 0.15) is 29.4 Å². The van der Waals surface area contributed by atoms with Gasteiger partial charge in [0.05, 0.1) is 12.2 Å². The summed E-state index contributed by atoms with van der Waals surface area (Å²) in [5.41, 5.74) is 1.77. The summed E-state index contributed by atoms with van der Waals surface area (Å²) in [4.78, 5) is 0. The third-order valence-corrected chi connectivity index (χ3v) is 4.25. The van der Waals surface area contributed by atoms with Crippen molar-refractivity contribution in [1.29, 1.82) is 0 Å². The lowest BCUT2D eigenvalue weighted by molar-refractivity contribution is 0.130. The molecule has 0 saturated heterocycles. The molecule has 2 aromatic carbocycles. The maximum absolute atomic E-state index is 10.3. The van der Waals surface area contributed by atoms with Crippen LogP contribution in [0.5, 0.6) is 11.5 Å². The van der Waals surface area contributed by atoms with E-state index < -0.39 is 12.2 Å². The summed E-state index contributed by atoms with van der Waals surface area (Å²) in [5.74, 6) is -0.115. The van der Waals surface area contributed by atoms with Crippen molar-refractivity contribution in [3.05, 3.63) is 59.7 Å². The second-order valence-electron chi connectivity index (χ2n) is 5.61. The molecule has 0 aliphatic heterocycles. The van der Waals surface area contributed by atoms with Gasteiger partial charge in [0.1, 0.15) is 11.5 Å². The summed E-state index contributed by atoms with van der Waals surface area (Å²) in [5, 5.41) is 39.4. The molecule has 3 rings (SSSR count). The lowest BCUT2D eigenvalue weighted by Crippen LogP contribution is -2.18. The fourth-order valence-electron chi connectivity index (χ4n) is 3.27. The van der Waals surface area contributed by atoms with Crippen LogP contribution in [0.25, 0.3) is 0 Å². The number of hydrogen-bond donors (Lipinski definition) is 4. The van der Waals surface area contributed by atoms with Crippen LogP contribution in [0.4, 0.5) is 0 Å². The first kappa shape index (κ1) is 13.9. The van der Waals surface area contributed by atoms with E-state index in [9.17, 15) is 20.4 Å². The molecular formula is C17H18O4. The van der Waals surface area contributed by atoms with Gasteiger partial charge in [-0.15, -0.1) is 0 Å². The Bertz CT molecular complexity index is 550. The first-order chi connectivity index (χ1) is 10.1.